The predicted octanol–water partition coefficient (Wildman–Crippen LogP) is 3.19. The highest BCUT2D eigenvalue weighted by atomic mass is 16.5. The van der Waals surface area contributed by atoms with Crippen LogP contribution in [-0.4, -0.2) is 33.9 Å². The maximum absolute atomic E-state index is 12.5. The van der Waals surface area contributed by atoms with Crippen molar-refractivity contribution in [2.24, 2.45) is 11.8 Å². The number of methoxy groups -OCH3 is 3. The highest BCUT2D eigenvalue weighted by molar-refractivity contribution is 5.78. The summed E-state index contributed by atoms with van der Waals surface area (Å²) in [6, 6.07) is 12.0. The van der Waals surface area contributed by atoms with Gasteiger partial charge in [0.05, 0.1) is 33.9 Å². The smallest absolute Gasteiger partial charge is 0.310 e. The van der Waals surface area contributed by atoms with Gasteiger partial charge in [0.1, 0.15) is 5.75 Å². The lowest BCUT2D eigenvalue weighted by molar-refractivity contribution is -0.141. The normalized spacial score (nSPS) is 23.7. The van der Waals surface area contributed by atoms with Crippen molar-refractivity contribution in [3.63, 3.8) is 0 Å². The molecule has 1 aliphatic carbocycles. The molecule has 5 heteroatoms. The van der Waals surface area contributed by atoms with Gasteiger partial charge in [-0.3, -0.25) is 4.79 Å². The van der Waals surface area contributed by atoms with Crippen molar-refractivity contribution in [1.82, 2.24) is 0 Å². The zero-order valence-corrected chi connectivity index (χ0v) is 15.2. The first kappa shape index (κ1) is 16.8. The van der Waals surface area contributed by atoms with Crippen LogP contribution >= 0.6 is 0 Å². The quantitative estimate of drug-likeness (QED) is 0.790. The Labute approximate surface area is 152 Å². The average Bonchev–Trinajstić information content (AvgIpc) is 3.05. The molecule has 0 aromatic heterocycles. The fourth-order valence-corrected chi connectivity index (χ4v) is 4.26. The van der Waals surface area contributed by atoms with Gasteiger partial charge < -0.3 is 18.9 Å². The fraction of sp³-hybridized carbons (Fsp3) is 0.381. The Morgan fingerprint density at radius 2 is 1.77 bits per heavy atom. The number of carbonyl (C=O) groups excluding carboxylic acids is 1. The Balaban J connectivity index is 1.88. The first-order valence-electron chi connectivity index (χ1n) is 8.71. The highest BCUT2D eigenvalue weighted by Crippen LogP contribution is 2.48. The number of rotatable bonds is 4. The van der Waals surface area contributed by atoms with Crippen LogP contribution in [0.4, 0.5) is 0 Å². The number of carbonyl (C=O) groups is 1. The van der Waals surface area contributed by atoms with E-state index >= 15 is 0 Å². The van der Waals surface area contributed by atoms with E-state index in [4.69, 9.17) is 18.9 Å². The Bertz CT molecular complexity index is 844. The van der Waals surface area contributed by atoms with Gasteiger partial charge in [0, 0.05) is 11.8 Å². The first-order chi connectivity index (χ1) is 12.7. The summed E-state index contributed by atoms with van der Waals surface area (Å²) in [6.07, 6.45) is 0.847. The highest BCUT2D eigenvalue weighted by Gasteiger charge is 2.47. The molecule has 3 atom stereocenters. The lowest BCUT2D eigenvalue weighted by Crippen LogP contribution is -2.31. The van der Waals surface area contributed by atoms with Gasteiger partial charge in [-0.25, -0.2) is 0 Å². The number of esters is 1. The van der Waals surface area contributed by atoms with E-state index in [2.05, 4.69) is 6.07 Å². The Kier molecular flexibility index (Phi) is 4.23. The van der Waals surface area contributed by atoms with Crippen molar-refractivity contribution < 1.29 is 23.7 Å². The second-order valence-electron chi connectivity index (χ2n) is 6.78. The van der Waals surface area contributed by atoms with Crippen molar-refractivity contribution in [3.05, 3.63) is 53.1 Å². The Hall–Kier alpha value is -2.69. The first-order valence-corrected chi connectivity index (χ1v) is 8.71. The third-order valence-corrected chi connectivity index (χ3v) is 5.52. The number of fused-ring (bicyclic) bond motifs is 2. The molecule has 26 heavy (non-hydrogen) atoms. The van der Waals surface area contributed by atoms with E-state index in [-0.39, 0.29) is 23.7 Å². The minimum atomic E-state index is -0.187. The molecular weight excluding hydrogens is 332 g/mol. The molecule has 0 spiro atoms. The summed E-state index contributed by atoms with van der Waals surface area (Å²) in [5.41, 5.74) is 3.38. The van der Waals surface area contributed by atoms with Crippen molar-refractivity contribution in [2.45, 2.75) is 12.3 Å². The molecule has 1 aliphatic heterocycles. The third kappa shape index (κ3) is 2.59. The van der Waals surface area contributed by atoms with Crippen molar-refractivity contribution >= 4 is 5.97 Å². The van der Waals surface area contributed by atoms with Crippen molar-refractivity contribution in [2.75, 3.05) is 27.9 Å². The van der Waals surface area contributed by atoms with E-state index in [0.717, 1.165) is 23.3 Å². The molecule has 2 aromatic carbocycles. The summed E-state index contributed by atoms with van der Waals surface area (Å²) in [7, 11) is 4.89. The van der Waals surface area contributed by atoms with E-state index < -0.39 is 0 Å². The Morgan fingerprint density at radius 1 is 0.962 bits per heavy atom. The SMILES string of the molecule is COc1ccc2c(c1)[C@H](c1ccc(OC)c(OC)c1)[C@H]1C(=O)OC[C@@H]1C2. The number of cyclic esters (lactones) is 1. The number of ether oxygens (including phenoxy) is 4. The van der Waals surface area contributed by atoms with Crippen LogP contribution < -0.4 is 14.2 Å². The topological polar surface area (TPSA) is 54.0 Å². The molecule has 5 nitrogen and oxygen atoms in total. The molecule has 0 saturated carbocycles. The summed E-state index contributed by atoms with van der Waals surface area (Å²) in [5.74, 6) is 1.91. The van der Waals surface area contributed by atoms with Crippen LogP contribution in [0.5, 0.6) is 17.2 Å². The maximum Gasteiger partial charge on any atom is 0.310 e. The summed E-state index contributed by atoms with van der Waals surface area (Å²) >= 11 is 0. The summed E-state index contributed by atoms with van der Waals surface area (Å²) in [5, 5.41) is 0. The minimum absolute atomic E-state index is 0.0892. The van der Waals surface area contributed by atoms with E-state index in [1.165, 1.54) is 5.56 Å². The lowest BCUT2D eigenvalue weighted by atomic mass is 9.67. The van der Waals surface area contributed by atoms with Gasteiger partial charge in [-0.1, -0.05) is 12.1 Å². The zero-order valence-electron chi connectivity index (χ0n) is 15.2. The van der Waals surface area contributed by atoms with E-state index in [1.54, 1.807) is 21.3 Å². The van der Waals surface area contributed by atoms with Crippen LogP contribution in [0.15, 0.2) is 36.4 Å². The number of benzene rings is 2. The van der Waals surface area contributed by atoms with E-state index in [9.17, 15) is 4.79 Å². The molecule has 1 saturated heterocycles. The van der Waals surface area contributed by atoms with Gasteiger partial charge in [0.2, 0.25) is 0 Å². The molecule has 0 bridgehead atoms. The van der Waals surface area contributed by atoms with E-state index in [1.807, 2.05) is 30.3 Å². The maximum atomic E-state index is 12.5. The fourth-order valence-electron chi connectivity index (χ4n) is 4.26. The molecule has 0 unspecified atom stereocenters. The monoisotopic (exact) mass is 354 g/mol. The molecule has 2 aliphatic rings. The average molecular weight is 354 g/mol. The van der Waals surface area contributed by atoms with Crippen molar-refractivity contribution in [3.8, 4) is 17.2 Å². The molecule has 4 rings (SSSR count). The van der Waals surface area contributed by atoms with Gasteiger partial charge in [-0.15, -0.1) is 0 Å². The van der Waals surface area contributed by atoms with Gasteiger partial charge in [-0.05, 0) is 47.4 Å². The number of hydrogen-bond acceptors (Lipinski definition) is 5. The molecule has 0 N–H and O–H groups in total. The number of hydrogen-bond donors (Lipinski definition) is 0. The summed E-state index contributed by atoms with van der Waals surface area (Å²) < 4.78 is 21.7. The van der Waals surface area contributed by atoms with Crippen molar-refractivity contribution in [1.29, 1.82) is 0 Å². The zero-order chi connectivity index (χ0) is 18.3. The molecule has 1 fully saturated rings. The largest absolute Gasteiger partial charge is 0.497 e. The van der Waals surface area contributed by atoms with Crippen LogP contribution in [-0.2, 0) is 16.0 Å². The van der Waals surface area contributed by atoms with Crippen LogP contribution in [0.1, 0.15) is 22.6 Å². The molecule has 2 aromatic rings. The van der Waals surface area contributed by atoms with Crippen LogP contribution in [0, 0.1) is 11.8 Å². The second kappa shape index (κ2) is 6.56. The summed E-state index contributed by atoms with van der Waals surface area (Å²) in [6.45, 7) is 0.485. The predicted molar refractivity (Wildman–Crippen MR) is 96.0 cm³/mol. The van der Waals surface area contributed by atoms with Gasteiger partial charge in [0.15, 0.2) is 11.5 Å². The second-order valence-corrected chi connectivity index (χ2v) is 6.78. The molecule has 1 heterocycles. The minimum Gasteiger partial charge on any atom is -0.497 e. The van der Waals surface area contributed by atoms with Gasteiger partial charge in [-0.2, -0.15) is 0 Å². The molecular formula is C21H22O5. The van der Waals surface area contributed by atoms with E-state index in [0.29, 0.717) is 18.1 Å². The third-order valence-electron chi connectivity index (χ3n) is 5.52. The van der Waals surface area contributed by atoms with Gasteiger partial charge in [0.25, 0.3) is 0 Å². The molecule has 0 amide bonds. The Morgan fingerprint density at radius 3 is 2.50 bits per heavy atom. The molecule has 0 radical (unpaired) electrons. The van der Waals surface area contributed by atoms with Crippen LogP contribution in [0.25, 0.3) is 0 Å². The van der Waals surface area contributed by atoms with Gasteiger partial charge >= 0.3 is 5.97 Å². The van der Waals surface area contributed by atoms with Crippen LogP contribution in [0.3, 0.4) is 0 Å². The summed E-state index contributed by atoms with van der Waals surface area (Å²) in [4.78, 5) is 12.5. The lowest BCUT2D eigenvalue weighted by Gasteiger charge is -2.33. The standard InChI is InChI=1S/C21H22O5/c1-23-15-6-4-12-8-14-11-26-21(22)20(14)19(16(12)10-15)13-5-7-17(24-2)18(9-13)25-3/h4-7,9-10,14,19-20H,8,11H2,1-3H3/t14-,19-,20-/m0/s1. The van der Waals surface area contributed by atoms with Crippen LogP contribution in [0.2, 0.25) is 0 Å². The molecule has 136 valence electrons.